The Morgan fingerprint density at radius 3 is 2.68 bits per heavy atom. The second-order valence-corrected chi connectivity index (χ2v) is 6.17. The summed E-state index contributed by atoms with van der Waals surface area (Å²) in [7, 11) is 0. The molecule has 0 fully saturated rings. The van der Waals surface area contributed by atoms with Gasteiger partial charge in [0.05, 0.1) is 10.4 Å². The second kappa shape index (κ2) is 4.51. The van der Waals surface area contributed by atoms with Crippen molar-refractivity contribution in [2.24, 2.45) is 0 Å². The number of hydrogen-bond acceptors (Lipinski definition) is 3. The molecule has 0 radical (unpaired) electrons. The first-order chi connectivity index (χ1) is 9.08. The van der Waals surface area contributed by atoms with Gasteiger partial charge in [0.15, 0.2) is 0 Å². The Labute approximate surface area is 116 Å². The van der Waals surface area contributed by atoms with E-state index in [2.05, 4.69) is 0 Å². The van der Waals surface area contributed by atoms with Crippen molar-refractivity contribution >= 4 is 37.9 Å². The molecule has 2 heterocycles. The van der Waals surface area contributed by atoms with Crippen LogP contribution in [0.3, 0.4) is 0 Å². The van der Waals surface area contributed by atoms with Gasteiger partial charge in [-0.2, -0.15) is 0 Å². The highest BCUT2D eigenvalue weighted by atomic mass is 32.1. The van der Waals surface area contributed by atoms with E-state index in [1.165, 1.54) is 35.7 Å². The lowest BCUT2D eigenvalue weighted by atomic mass is 10.0. The fraction of sp³-hybridized carbons (Fsp3) is 0.0714. The molecule has 2 aromatic heterocycles. The third-order valence-corrected chi connectivity index (χ3v) is 4.97. The van der Waals surface area contributed by atoms with E-state index < -0.39 is 23.0 Å². The molecule has 0 saturated carbocycles. The van der Waals surface area contributed by atoms with Gasteiger partial charge in [0, 0.05) is 9.40 Å². The van der Waals surface area contributed by atoms with E-state index in [4.69, 9.17) is 0 Å². The van der Waals surface area contributed by atoms with E-state index in [0.29, 0.717) is 4.88 Å². The van der Waals surface area contributed by atoms with E-state index in [1.807, 2.05) is 11.4 Å². The predicted molar refractivity (Wildman–Crippen MR) is 74.2 cm³/mol. The molecule has 1 aromatic carbocycles. The molecule has 3 aromatic rings. The van der Waals surface area contributed by atoms with Gasteiger partial charge in [0.2, 0.25) is 5.78 Å². The minimum atomic E-state index is -0.815. The van der Waals surface area contributed by atoms with Gasteiger partial charge in [-0.15, -0.1) is 22.7 Å². The molecule has 0 aliphatic rings. The lowest BCUT2D eigenvalue weighted by Crippen LogP contribution is -2.07. The van der Waals surface area contributed by atoms with Crippen LogP contribution in [-0.2, 0) is 0 Å². The number of aryl methyl sites for hydroxylation is 1. The smallest absolute Gasteiger partial charge is 0.208 e. The molecule has 0 aliphatic heterocycles. The summed E-state index contributed by atoms with van der Waals surface area (Å²) in [5, 5.41) is 1.92. The number of carbonyl (C=O) groups is 1. The Morgan fingerprint density at radius 1 is 1.16 bits per heavy atom. The largest absolute Gasteiger partial charge is 0.287 e. The Balaban J connectivity index is 2.14. The fourth-order valence-corrected chi connectivity index (χ4v) is 3.92. The maximum Gasteiger partial charge on any atom is 0.208 e. The maximum atomic E-state index is 13.9. The number of halogens is 2. The first kappa shape index (κ1) is 12.4. The standard InChI is InChI=1S/C14H8F2OS2/c1-7-2-3-8(15)12(13(7)16)14(17)11-6-10-9(19-11)4-5-18-10/h2-6H,1H3. The van der Waals surface area contributed by atoms with E-state index in [9.17, 15) is 13.6 Å². The monoisotopic (exact) mass is 294 g/mol. The zero-order chi connectivity index (χ0) is 13.6. The summed E-state index contributed by atoms with van der Waals surface area (Å²) in [6, 6.07) is 6.04. The molecule has 0 atom stereocenters. The van der Waals surface area contributed by atoms with E-state index in [1.54, 1.807) is 6.07 Å². The Morgan fingerprint density at radius 2 is 1.95 bits per heavy atom. The number of carbonyl (C=O) groups excluding carboxylic acids is 1. The van der Waals surface area contributed by atoms with Crippen LogP contribution in [0.5, 0.6) is 0 Å². The van der Waals surface area contributed by atoms with Gasteiger partial charge < -0.3 is 0 Å². The first-order valence-electron chi connectivity index (χ1n) is 5.54. The molecule has 96 valence electrons. The summed E-state index contributed by atoms with van der Waals surface area (Å²) in [5.74, 6) is -2.18. The highest BCUT2D eigenvalue weighted by Crippen LogP contribution is 2.32. The van der Waals surface area contributed by atoms with Crippen molar-refractivity contribution < 1.29 is 13.6 Å². The van der Waals surface area contributed by atoms with E-state index in [-0.39, 0.29) is 5.56 Å². The van der Waals surface area contributed by atoms with Gasteiger partial charge in [-0.05, 0) is 36.1 Å². The summed E-state index contributed by atoms with van der Waals surface area (Å²) < 4.78 is 29.5. The van der Waals surface area contributed by atoms with Crippen molar-refractivity contribution in [1.82, 2.24) is 0 Å². The molecule has 0 spiro atoms. The topological polar surface area (TPSA) is 17.1 Å². The van der Waals surface area contributed by atoms with Crippen LogP contribution in [0.4, 0.5) is 8.78 Å². The van der Waals surface area contributed by atoms with Gasteiger partial charge in [-0.25, -0.2) is 8.78 Å². The minimum absolute atomic E-state index is 0.267. The summed E-state index contributed by atoms with van der Waals surface area (Å²) in [6.07, 6.45) is 0. The average molecular weight is 294 g/mol. The van der Waals surface area contributed by atoms with Crippen LogP contribution >= 0.6 is 22.7 Å². The number of ketones is 1. The highest BCUT2D eigenvalue weighted by Gasteiger charge is 2.22. The molecule has 0 amide bonds. The van der Waals surface area contributed by atoms with Crippen molar-refractivity contribution in [3.63, 3.8) is 0 Å². The predicted octanol–water partition coefficient (Wildman–Crippen LogP) is 4.78. The summed E-state index contributed by atoms with van der Waals surface area (Å²) in [6.45, 7) is 1.51. The second-order valence-electron chi connectivity index (χ2n) is 4.14. The first-order valence-corrected chi connectivity index (χ1v) is 7.24. The van der Waals surface area contributed by atoms with Crippen LogP contribution in [0.25, 0.3) is 9.40 Å². The average Bonchev–Trinajstić information content (AvgIpc) is 2.94. The molecule has 0 saturated heterocycles. The third kappa shape index (κ3) is 1.99. The lowest BCUT2D eigenvalue weighted by Gasteiger charge is -2.04. The lowest BCUT2D eigenvalue weighted by molar-refractivity contribution is 0.103. The van der Waals surface area contributed by atoms with Crippen LogP contribution < -0.4 is 0 Å². The number of benzene rings is 1. The molecule has 5 heteroatoms. The molecule has 0 bridgehead atoms. The van der Waals surface area contributed by atoms with Crippen LogP contribution in [0.15, 0.2) is 29.6 Å². The zero-order valence-corrected chi connectivity index (χ0v) is 11.5. The Kier molecular flexibility index (Phi) is 2.95. The van der Waals surface area contributed by atoms with Crippen molar-refractivity contribution in [1.29, 1.82) is 0 Å². The van der Waals surface area contributed by atoms with Gasteiger partial charge in [0.25, 0.3) is 0 Å². The van der Waals surface area contributed by atoms with E-state index >= 15 is 0 Å². The summed E-state index contributed by atoms with van der Waals surface area (Å²) in [4.78, 5) is 12.6. The molecule has 1 nitrogen and oxygen atoms in total. The number of thiophene rings is 2. The SMILES string of the molecule is Cc1ccc(F)c(C(=O)c2cc3sccc3s2)c1F. The van der Waals surface area contributed by atoms with E-state index in [0.717, 1.165) is 15.5 Å². The van der Waals surface area contributed by atoms with Crippen molar-refractivity contribution in [2.75, 3.05) is 0 Å². The quantitative estimate of drug-likeness (QED) is 0.622. The van der Waals surface area contributed by atoms with Crippen molar-refractivity contribution in [3.8, 4) is 0 Å². The van der Waals surface area contributed by atoms with Crippen LogP contribution in [0, 0.1) is 18.6 Å². The molecule has 0 aliphatic carbocycles. The highest BCUT2D eigenvalue weighted by molar-refractivity contribution is 7.28. The normalized spacial score (nSPS) is 11.1. The Hall–Kier alpha value is -1.59. The number of hydrogen-bond donors (Lipinski definition) is 0. The Bertz CT molecular complexity index is 757. The molecular formula is C14H8F2OS2. The maximum absolute atomic E-state index is 13.9. The van der Waals surface area contributed by atoms with Crippen LogP contribution in [0.1, 0.15) is 20.8 Å². The van der Waals surface area contributed by atoms with Gasteiger partial charge in [0.1, 0.15) is 11.6 Å². The molecule has 0 unspecified atom stereocenters. The van der Waals surface area contributed by atoms with Gasteiger partial charge in [-0.1, -0.05) is 6.07 Å². The van der Waals surface area contributed by atoms with Crippen LogP contribution in [-0.4, -0.2) is 5.78 Å². The molecule has 0 N–H and O–H groups in total. The molecular weight excluding hydrogens is 286 g/mol. The van der Waals surface area contributed by atoms with Crippen LogP contribution in [0.2, 0.25) is 0 Å². The summed E-state index contributed by atoms with van der Waals surface area (Å²) >= 11 is 2.76. The van der Waals surface area contributed by atoms with Crippen molar-refractivity contribution in [3.05, 3.63) is 57.3 Å². The van der Waals surface area contributed by atoms with Gasteiger partial charge >= 0.3 is 0 Å². The third-order valence-electron chi connectivity index (χ3n) is 2.87. The zero-order valence-electron chi connectivity index (χ0n) is 9.87. The van der Waals surface area contributed by atoms with Crippen molar-refractivity contribution in [2.45, 2.75) is 6.92 Å². The number of fused-ring (bicyclic) bond motifs is 1. The van der Waals surface area contributed by atoms with Gasteiger partial charge in [-0.3, -0.25) is 4.79 Å². The molecule has 3 rings (SSSR count). The fourth-order valence-electron chi connectivity index (χ4n) is 1.87. The minimum Gasteiger partial charge on any atom is -0.287 e. The summed E-state index contributed by atoms with van der Waals surface area (Å²) in [5.41, 5.74) is -0.197. The number of rotatable bonds is 2. The molecule has 19 heavy (non-hydrogen) atoms.